The van der Waals surface area contributed by atoms with E-state index in [-0.39, 0.29) is 31.0 Å². The van der Waals surface area contributed by atoms with Crippen LogP contribution in [0.4, 0.5) is 14.6 Å². The van der Waals surface area contributed by atoms with Crippen LogP contribution >= 0.6 is 11.8 Å². The topological polar surface area (TPSA) is 115 Å². The van der Waals surface area contributed by atoms with Crippen LogP contribution in [-0.4, -0.2) is 60.5 Å². The van der Waals surface area contributed by atoms with Crippen LogP contribution in [0.1, 0.15) is 43.7 Å². The van der Waals surface area contributed by atoms with E-state index >= 15 is 0 Å². The third kappa shape index (κ3) is 4.36. The smallest absolute Gasteiger partial charge is 0.332 e. The summed E-state index contributed by atoms with van der Waals surface area (Å²) in [6, 6.07) is 3.67. The summed E-state index contributed by atoms with van der Waals surface area (Å²) in [6.45, 7) is 2.27. The molecule has 0 radical (unpaired) electrons. The van der Waals surface area contributed by atoms with Crippen LogP contribution in [0.2, 0.25) is 0 Å². The number of carboxylic acids is 1. The SMILES string of the molecule is CCCSc1nc(N[C@@H]2C[C@H]2c2ccc(F)c(F)c2)c2nnn([C@H]3CO[C@@H](C(=O)O)C3)c2n1. The number of carboxylic acid groups (broad SMARTS) is 1. The van der Waals surface area contributed by atoms with Crippen molar-refractivity contribution in [3.05, 3.63) is 35.4 Å². The van der Waals surface area contributed by atoms with Crippen molar-refractivity contribution in [3.8, 4) is 0 Å². The first-order chi connectivity index (χ1) is 15.9. The molecule has 1 aliphatic carbocycles. The van der Waals surface area contributed by atoms with E-state index in [1.807, 2.05) is 0 Å². The Morgan fingerprint density at radius 2 is 2.15 bits per heavy atom. The van der Waals surface area contributed by atoms with Crippen LogP contribution in [0.25, 0.3) is 11.2 Å². The van der Waals surface area contributed by atoms with E-state index in [1.54, 1.807) is 10.7 Å². The zero-order chi connectivity index (χ0) is 23.1. The van der Waals surface area contributed by atoms with Gasteiger partial charge in [0.25, 0.3) is 0 Å². The highest BCUT2D eigenvalue weighted by Crippen LogP contribution is 2.43. The third-order valence-electron chi connectivity index (χ3n) is 5.82. The average molecular weight is 477 g/mol. The van der Waals surface area contributed by atoms with Crippen LogP contribution in [-0.2, 0) is 9.53 Å². The fourth-order valence-electron chi connectivity index (χ4n) is 4.01. The normalized spacial score (nSPS) is 24.3. The lowest BCUT2D eigenvalue weighted by atomic mass is 10.1. The molecule has 33 heavy (non-hydrogen) atoms. The number of nitrogens with one attached hydrogen (secondary N) is 1. The van der Waals surface area contributed by atoms with Gasteiger partial charge in [0.15, 0.2) is 39.9 Å². The molecule has 5 rings (SSSR count). The fourth-order valence-corrected chi connectivity index (χ4v) is 4.70. The molecule has 2 aromatic heterocycles. The monoisotopic (exact) mass is 476 g/mol. The van der Waals surface area contributed by atoms with Gasteiger partial charge in [0.05, 0.1) is 12.6 Å². The molecule has 1 aliphatic heterocycles. The van der Waals surface area contributed by atoms with Gasteiger partial charge in [0.1, 0.15) is 0 Å². The van der Waals surface area contributed by atoms with Gasteiger partial charge < -0.3 is 15.2 Å². The highest BCUT2D eigenvalue weighted by atomic mass is 32.2. The van der Waals surface area contributed by atoms with Crippen molar-refractivity contribution >= 4 is 34.7 Å². The van der Waals surface area contributed by atoms with Crippen molar-refractivity contribution in [3.63, 3.8) is 0 Å². The molecule has 174 valence electrons. The number of thioether (sulfide) groups is 1. The fraction of sp³-hybridized carbons (Fsp3) is 0.476. The van der Waals surface area contributed by atoms with Crippen molar-refractivity contribution in [2.45, 2.75) is 55.4 Å². The summed E-state index contributed by atoms with van der Waals surface area (Å²) in [6.07, 6.45) is 1.09. The average Bonchev–Trinajstić information content (AvgIpc) is 3.19. The van der Waals surface area contributed by atoms with E-state index in [9.17, 15) is 18.7 Å². The number of ether oxygens (including phenoxy) is 1. The quantitative estimate of drug-likeness (QED) is 0.373. The number of carbonyl (C=O) groups is 1. The molecular weight excluding hydrogens is 454 g/mol. The Labute approximate surface area is 191 Å². The van der Waals surface area contributed by atoms with E-state index in [0.717, 1.165) is 30.2 Å². The molecule has 2 fully saturated rings. The van der Waals surface area contributed by atoms with Gasteiger partial charge in [-0.25, -0.2) is 28.2 Å². The summed E-state index contributed by atoms with van der Waals surface area (Å²) in [7, 11) is 0. The number of aromatic nitrogens is 5. The maximum Gasteiger partial charge on any atom is 0.332 e. The summed E-state index contributed by atoms with van der Waals surface area (Å²) in [5, 5.41) is 21.7. The molecule has 3 aromatic rings. The molecule has 12 heteroatoms. The minimum Gasteiger partial charge on any atom is -0.479 e. The molecule has 0 unspecified atom stereocenters. The van der Waals surface area contributed by atoms with Gasteiger partial charge in [-0.15, -0.1) is 5.10 Å². The molecular formula is C21H22F2N6O3S. The van der Waals surface area contributed by atoms with Crippen LogP contribution in [0.15, 0.2) is 23.4 Å². The molecule has 1 aromatic carbocycles. The van der Waals surface area contributed by atoms with Gasteiger partial charge in [-0.1, -0.05) is 30.0 Å². The second kappa shape index (κ2) is 8.82. The molecule has 0 bridgehead atoms. The van der Waals surface area contributed by atoms with Gasteiger partial charge in [0, 0.05) is 24.1 Å². The number of fused-ring (bicyclic) bond motifs is 1. The minimum absolute atomic E-state index is 0.00617. The minimum atomic E-state index is -1.00. The van der Waals surface area contributed by atoms with Crippen LogP contribution in [0.3, 0.4) is 0 Å². The summed E-state index contributed by atoms with van der Waals surface area (Å²) in [5.74, 6) is -1.34. The molecule has 9 nitrogen and oxygen atoms in total. The van der Waals surface area contributed by atoms with Gasteiger partial charge in [-0.05, 0) is 30.5 Å². The largest absolute Gasteiger partial charge is 0.479 e. The molecule has 4 atom stereocenters. The highest BCUT2D eigenvalue weighted by molar-refractivity contribution is 7.99. The molecule has 0 amide bonds. The van der Waals surface area contributed by atoms with E-state index < -0.39 is 23.7 Å². The Morgan fingerprint density at radius 1 is 1.30 bits per heavy atom. The van der Waals surface area contributed by atoms with Gasteiger partial charge in [0.2, 0.25) is 0 Å². The van der Waals surface area contributed by atoms with Crippen molar-refractivity contribution in [1.82, 2.24) is 25.0 Å². The Balaban J connectivity index is 1.42. The molecule has 2 N–H and O–H groups in total. The number of benzene rings is 1. The summed E-state index contributed by atoms with van der Waals surface area (Å²) >= 11 is 1.51. The van der Waals surface area contributed by atoms with Gasteiger partial charge in [-0.3, -0.25) is 0 Å². The lowest BCUT2D eigenvalue weighted by Crippen LogP contribution is -2.18. The lowest BCUT2D eigenvalue weighted by Gasteiger charge is -2.11. The molecule has 1 saturated carbocycles. The Morgan fingerprint density at radius 3 is 2.88 bits per heavy atom. The zero-order valence-corrected chi connectivity index (χ0v) is 18.6. The van der Waals surface area contributed by atoms with E-state index in [2.05, 4.69) is 32.5 Å². The van der Waals surface area contributed by atoms with Crippen LogP contribution in [0.5, 0.6) is 0 Å². The number of halogens is 2. The predicted octanol–water partition coefficient (Wildman–Crippen LogP) is 3.38. The third-order valence-corrected chi connectivity index (χ3v) is 6.87. The Bertz CT molecular complexity index is 1210. The van der Waals surface area contributed by atoms with Crippen molar-refractivity contribution in [1.29, 1.82) is 0 Å². The second-order valence-corrected chi connectivity index (χ2v) is 9.29. The Hall–Kier alpha value is -2.86. The first-order valence-electron chi connectivity index (χ1n) is 10.8. The number of hydrogen-bond donors (Lipinski definition) is 2. The van der Waals surface area contributed by atoms with E-state index in [4.69, 9.17) is 4.74 Å². The second-order valence-electron chi connectivity index (χ2n) is 8.23. The lowest BCUT2D eigenvalue weighted by molar-refractivity contribution is -0.147. The zero-order valence-electron chi connectivity index (χ0n) is 17.7. The standard InChI is InChI=1S/C21H22F2N6O3S/c1-2-5-33-21-25-18(24-15-8-12(15)10-3-4-13(22)14(23)6-10)17-19(26-21)29(28-27-17)11-7-16(20(30)31)32-9-11/h3-4,6,11-12,15-16H,2,5,7-9H2,1H3,(H,30,31)(H,24,25,26)/t11-,12+,15-,16-/m1/s1. The van der Waals surface area contributed by atoms with E-state index in [0.29, 0.717) is 22.1 Å². The summed E-state index contributed by atoms with van der Waals surface area (Å²) < 4.78 is 33.9. The van der Waals surface area contributed by atoms with Crippen molar-refractivity contribution < 1.29 is 23.4 Å². The number of rotatable bonds is 8. The van der Waals surface area contributed by atoms with Gasteiger partial charge >= 0.3 is 5.97 Å². The van der Waals surface area contributed by atoms with Crippen molar-refractivity contribution in [2.75, 3.05) is 17.7 Å². The van der Waals surface area contributed by atoms with Crippen LogP contribution in [0, 0.1) is 11.6 Å². The van der Waals surface area contributed by atoms with Crippen molar-refractivity contribution in [2.24, 2.45) is 0 Å². The molecule has 2 aliphatic rings. The maximum atomic E-state index is 13.6. The van der Waals surface area contributed by atoms with E-state index in [1.165, 1.54) is 17.8 Å². The molecule has 3 heterocycles. The number of anilines is 1. The molecule has 0 spiro atoms. The van der Waals surface area contributed by atoms with Crippen LogP contribution < -0.4 is 5.32 Å². The number of nitrogens with zero attached hydrogens (tertiary/aromatic N) is 5. The molecule has 1 saturated heterocycles. The maximum absolute atomic E-state index is 13.6. The van der Waals surface area contributed by atoms with Gasteiger partial charge in [-0.2, -0.15) is 0 Å². The summed E-state index contributed by atoms with van der Waals surface area (Å²) in [4.78, 5) is 20.5. The predicted molar refractivity (Wildman–Crippen MR) is 116 cm³/mol. The summed E-state index contributed by atoms with van der Waals surface area (Å²) in [5.41, 5.74) is 1.71. The first-order valence-corrected chi connectivity index (χ1v) is 11.7. The first kappa shape index (κ1) is 22.0. The Kier molecular flexibility index (Phi) is 5.87. The number of aliphatic carboxylic acids is 1. The highest BCUT2D eigenvalue weighted by Gasteiger charge is 2.40. The number of hydrogen-bond acceptors (Lipinski definition) is 8.